The standard InChI is InChI=1S/C21H21N7O/c1-12(29)28-21(2)8-14(9-21)26-20-25-11-16-15(10-24-19(16)27-20)13-3-4-17-18(7-13)23-6-5-22-17/h3-7,10-11,14H,8-9H2,1-2H3,(H,28,29)(H2,24,25,26,27)/t14-,21-. The van der Waals surface area contributed by atoms with Crippen molar-refractivity contribution in [2.24, 2.45) is 0 Å². The predicted octanol–water partition coefficient (Wildman–Crippen LogP) is 3.04. The van der Waals surface area contributed by atoms with Gasteiger partial charge in [0.15, 0.2) is 0 Å². The molecule has 29 heavy (non-hydrogen) atoms. The number of hydrogen-bond donors (Lipinski definition) is 3. The van der Waals surface area contributed by atoms with Crippen LogP contribution >= 0.6 is 0 Å². The van der Waals surface area contributed by atoms with Crippen LogP contribution in [-0.2, 0) is 4.79 Å². The molecule has 3 N–H and O–H groups in total. The van der Waals surface area contributed by atoms with Crippen molar-refractivity contribution >= 4 is 33.9 Å². The van der Waals surface area contributed by atoms with Gasteiger partial charge in [-0.05, 0) is 37.5 Å². The lowest BCUT2D eigenvalue weighted by molar-refractivity contribution is -0.121. The van der Waals surface area contributed by atoms with Gasteiger partial charge >= 0.3 is 0 Å². The summed E-state index contributed by atoms with van der Waals surface area (Å²) in [5.41, 5.74) is 4.42. The zero-order valence-electron chi connectivity index (χ0n) is 16.2. The van der Waals surface area contributed by atoms with Gasteiger partial charge in [0.1, 0.15) is 5.65 Å². The molecule has 3 aromatic heterocycles. The average Bonchev–Trinajstić information content (AvgIpc) is 3.09. The molecule has 1 saturated carbocycles. The van der Waals surface area contributed by atoms with E-state index < -0.39 is 0 Å². The van der Waals surface area contributed by atoms with Crippen molar-refractivity contribution in [1.29, 1.82) is 0 Å². The molecule has 8 nitrogen and oxygen atoms in total. The van der Waals surface area contributed by atoms with E-state index in [-0.39, 0.29) is 17.5 Å². The third-order valence-corrected chi connectivity index (χ3v) is 5.42. The first-order valence-corrected chi connectivity index (χ1v) is 9.60. The number of aromatic amines is 1. The van der Waals surface area contributed by atoms with Gasteiger partial charge in [-0.2, -0.15) is 4.98 Å². The van der Waals surface area contributed by atoms with Crippen LogP contribution in [-0.4, -0.2) is 42.4 Å². The van der Waals surface area contributed by atoms with E-state index in [0.29, 0.717) is 5.95 Å². The van der Waals surface area contributed by atoms with Crippen LogP contribution in [0.25, 0.3) is 33.2 Å². The van der Waals surface area contributed by atoms with Gasteiger partial charge in [-0.25, -0.2) is 4.98 Å². The molecule has 0 radical (unpaired) electrons. The number of carbonyl (C=O) groups excluding carboxylic acids is 1. The van der Waals surface area contributed by atoms with E-state index in [1.165, 1.54) is 0 Å². The van der Waals surface area contributed by atoms with Crippen LogP contribution in [0, 0.1) is 0 Å². The quantitative estimate of drug-likeness (QED) is 0.497. The average molecular weight is 387 g/mol. The predicted molar refractivity (Wildman–Crippen MR) is 111 cm³/mol. The number of H-pyrrole nitrogens is 1. The summed E-state index contributed by atoms with van der Waals surface area (Å²) in [5, 5.41) is 7.31. The lowest BCUT2D eigenvalue weighted by Crippen LogP contribution is -2.59. The lowest BCUT2D eigenvalue weighted by Gasteiger charge is -2.45. The summed E-state index contributed by atoms with van der Waals surface area (Å²) in [5.74, 6) is 0.590. The lowest BCUT2D eigenvalue weighted by atomic mass is 9.74. The Morgan fingerprint density at radius 1 is 1.17 bits per heavy atom. The van der Waals surface area contributed by atoms with Crippen molar-refractivity contribution in [1.82, 2.24) is 30.2 Å². The Labute approximate surface area is 167 Å². The highest BCUT2D eigenvalue weighted by Gasteiger charge is 2.41. The second kappa shape index (κ2) is 6.51. The van der Waals surface area contributed by atoms with Crippen LogP contribution in [0.4, 0.5) is 5.95 Å². The molecule has 1 amide bonds. The first-order chi connectivity index (χ1) is 14.0. The number of carbonyl (C=O) groups is 1. The topological polar surface area (TPSA) is 108 Å². The second-order valence-electron chi connectivity index (χ2n) is 7.91. The van der Waals surface area contributed by atoms with E-state index in [1.807, 2.05) is 30.6 Å². The largest absolute Gasteiger partial charge is 0.351 e. The molecular weight excluding hydrogens is 366 g/mol. The van der Waals surface area contributed by atoms with Gasteiger partial charge < -0.3 is 15.6 Å². The fourth-order valence-electron chi connectivity index (χ4n) is 4.19. The van der Waals surface area contributed by atoms with Gasteiger partial charge in [0.25, 0.3) is 0 Å². The minimum Gasteiger partial charge on any atom is -0.351 e. The zero-order chi connectivity index (χ0) is 20.0. The third kappa shape index (κ3) is 3.26. The van der Waals surface area contributed by atoms with Gasteiger partial charge in [0.2, 0.25) is 11.9 Å². The van der Waals surface area contributed by atoms with Crippen molar-refractivity contribution in [2.45, 2.75) is 38.3 Å². The Kier molecular flexibility index (Phi) is 3.94. The van der Waals surface area contributed by atoms with E-state index in [9.17, 15) is 4.79 Å². The first-order valence-electron chi connectivity index (χ1n) is 9.60. The first kappa shape index (κ1) is 17.5. The highest BCUT2D eigenvalue weighted by atomic mass is 16.1. The van der Waals surface area contributed by atoms with Crippen molar-refractivity contribution in [3.63, 3.8) is 0 Å². The minimum absolute atomic E-state index is 0.00204. The van der Waals surface area contributed by atoms with E-state index in [2.05, 4.69) is 42.5 Å². The molecule has 0 aliphatic heterocycles. The van der Waals surface area contributed by atoms with Crippen LogP contribution in [0.15, 0.2) is 43.0 Å². The smallest absolute Gasteiger partial charge is 0.224 e. The van der Waals surface area contributed by atoms with Crippen LogP contribution in [0.1, 0.15) is 26.7 Å². The summed E-state index contributed by atoms with van der Waals surface area (Å²) in [6.07, 6.45) is 8.86. The Morgan fingerprint density at radius 3 is 2.76 bits per heavy atom. The highest BCUT2D eigenvalue weighted by molar-refractivity contribution is 5.95. The van der Waals surface area contributed by atoms with Crippen LogP contribution in [0.5, 0.6) is 0 Å². The molecule has 8 heteroatoms. The fourth-order valence-corrected chi connectivity index (χ4v) is 4.19. The summed E-state index contributed by atoms with van der Waals surface area (Å²) in [6.45, 7) is 3.61. The number of anilines is 1. The SMILES string of the molecule is CC(=O)N[C@]1(C)C[C@@H](Nc2ncc3c(-c4ccc5nccnc5c4)c[nH]c3n2)C1. The summed E-state index contributed by atoms with van der Waals surface area (Å²) in [6, 6.07) is 6.27. The normalized spacial score (nSPS) is 21.1. The maximum absolute atomic E-state index is 11.3. The molecular formula is C21H21N7O. The maximum Gasteiger partial charge on any atom is 0.224 e. The van der Waals surface area contributed by atoms with Crippen molar-refractivity contribution in [2.75, 3.05) is 5.32 Å². The number of fused-ring (bicyclic) bond motifs is 2. The van der Waals surface area contributed by atoms with Gasteiger partial charge in [-0.3, -0.25) is 14.8 Å². The summed E-state index contributed by atoms with van der Waals surface area (Å²) < 4.78 is 0. The molecule has 146 valence electrons. The number of nitrogens with one attached hydrogen (secondary N) is 3. The number of rotatable bonds is 4. The molecule has 1 aromatic carbocycles. The van der Waals surface area contributed by atoms with Gasteiger partial charge in [0, 0.05) is 54.2 Å². The van der Waals surface area contributed by atoms with Gasteiger partial charge in [-0.15, -0.1) is 0 Å². The number of aromatic nitrogens is 5. The van der Waals surface area contributed by atoms with Crippen molar-refractivity contribution in [3.05, 3.63) is 43.0 Å². The van der Waals surface area contributed by atoms with Crippen LogP contribution < -0.4 is 10.6 Å². The molecule has 0 atom stereocenters. The molecule has 5 rings (SSSR count). The monoisotopic (exact) mass is 387 g/mol. The molecule has 0 spiro atoms. The van der Waals surface area contributed by atoms with Gasteiger partial charge in [0.05, 0.1) is 11.0 Å². The molecule has 1 fully saturated rings. The second-order valence-corrected chi connectivity index (χ2v) is 7.91. The molecule has 4 aromatic rings. The highest BCUT2D eigenvalue weighted by Crippen LogP contribution is 2.34. The Hall–Kier alpha value is -3.55. The summed E-state index contributed by atoms with van der Waals surface area (Å²) in [7, 11) is 0. The molecule has 0 saturated heterocycles. The summed E-state index contributed by atoms with van der Waals surface area (Å²) in [4.78, 5) is 32.4. The Bertz CT molecular complexity index is 1230. The molecule has 3 heterocycles. The number of hydrogen-bond acceptors (Lipinski definition) is 6. The van der Waals surface area contributed by atoms with E-state index >= 15 is 0 Å². The Morgan fingerprint density at radius 2 is 1.97 bits per heavy atom. The van der Waals surface area contributed by atoms with E-state index in [0.717, 1.165) is 46.0 Å². The number of benzene rings is 1. The number of amides is 1. The maximum atomic E-state index is 11.3. The number of nitrogens with zero attached hydrogens (tertiary/aromatic N) is 4. The molecule has 0 bridgehead atoms. The summed E-state index contributed by atoms with van der Waals surface area (Å²) >= 11 is 0. The molecule has 1 aliphatic carbocycles. The van der Waals surface area contributed by atoms with Crippen molar-refractivity contribution in [3.8, 4) is 11.1 Å². The zero-order valence-corrected chi connectivity index (χ0v) is 16.2. The van der Waals surface area contributed by atoms with Crippen molar-refractivity contribution < 1.29 is 4.79 Å². The van der Waals surface area contributed by atoms with Gasteiger partial charge in [-0.1, -0.05) is 6.07 Å². The fraction of sp³-hybridized carbons (Fsp3) is 0.286. The Balaban J connectivity index is 1.37. The third-order valence-electron chi connectivity index (χ3n) is 5.42. The van der Waals surface area contributed by atoms with E-state index in [4.69, 9.17) is 0 Å². The molecule has 1 aliphatic rings. The van der Waals surface area contributed by atoms with Crippen LogP contribution in [0.3, 0.4) is 0 Å². The minimum atomic E-state index is -0.147. The molecule has 0 unspecified atom stereocenters. The van der Waals surface area contributed by atoms with Crippen LogP contribution in [0.2, 0.25) is 0 Å². The van der Waals surface area contributed by atoms with E-state index in [1.54, 1.807) is 19.3 Å².